The Hall–Kier alpha value is -3.35. The number of amides is 1. The lowest BCUT2D eigenvalue weighted by molar-refractivity contribution is -0.127. The van der Waals surface area contributed by atoms with Crippen molar-refractivity contribution in [2.75, 3.05) is 18.5 Å². The van der Waals surface area contributed by atoms with Gasteiger partial charge in [0.05, 0.1) is 18.8 Å². The third-order valence-electron chi connectivity index (χ3n) is 4.21. The number of hydrogen-bond donors (Lipinski definition) is 1. The number of rotatable bonds is 4. The third-order valence-corrected chi connectivity index (χ3v) is 4.21. The lowest BCUT2D eigenvalue weighted by Crippen LogP contribution is -2.48. The number of benzene rings is 2. The minimum absolute atomic E-state index is 0.167. The van der Waals surface area contributed by atoms with Crippen molar-refractivity contribution in [3.05, 3.63) is 60.5 Å². The number of aromatic nitrogens is 2. The van der Waals surface area contributed by atoms with Crippen molar-refractivity contribution in [3.63, 3.8) is 0 Å². The lowest BCUT2D eigenvalue weighted by atomic mass is 10.2. The van der Waals surface area contributed by atoms with E-state index < -0.39 is 6.10 Å². The highest BCUT2D eigenvalue weighted by Gasteiger charge is 2.31. The van der Waals surface area contributed by atoms with Gasteiger partial charge in [-0.3, -0.25) is 4.79 Å². The Morgan fingerprint density at radius 3 is 2.73 bits per heavy atom. The van der Waals surface area contributed by atoms with Crippen molar-refractivity contribution in [2.45, 2.75) is 12.6 Å². The van der Waals surface area contributed by atoms with Crippen molar-refractivity contribution >= 4 is 11.6 Å². The molecule has 0 aliphatic carbocycles. The molecule has 0 unspecified atom stereocenters. The van der Waals surface area contributed by atoms with E-state index in [0.29, 0.717) is 30.6 Å². The van der Waals surface area contributed by atoms with Crippen molar-refractivity contribution in [1.82, 2.24) is 15.5 Å². The summed E-state index contributed by atoms with van der Waals surface area (Å²) in [6.07, 6.45) is -0.591. The molecule has 1 aromatic heterocycles. The largest absolute Gasteiger partial charge is 0.477 e. The Bertz CT molecular complexity index is 910. The highest BCUT2D eigenvalue weighted by atomic mass is 16.5. The van der Waals surface area contributed by atoms with E-state index in [9.17, 15) is 4.79 Å². The zero-order valence-corrected chi connectivity index (χ0v) is 14.3. The van der Waals surface area contributed by atoms with Crippen molar-refractivity contribution in [2.24, 2.45) is 0 Å². The van der Waals surface area contributed by atoms with Crippen molar-refractivity contribution < 1.29 is 13.9 Å². The molecule has 132 valence electrons. The molecular weight excluding hydrogens is 332 g/mol. The zero-order valence-electron chi connectivity index (χ0n) is 14.3. The predicted molar refractivity (Wildman–Crippen MR) is 95.7 cm³/mol. The Labute approximate surface area is 150 Å². The molecule has 7 nitrogen and oxygen atoms in total. The second kappa shape index (κ2) is 6.87. The monoisotopic (exact) mass is 350 g/mol. The Balaban J connectivity index is 1.59. The first-order valence-electron chi connectivity index (χ1n) is 8.34. The average Bonchev–Trinajstić information content (AvgIpc) is 3.16. The molecule has 4 rings (SSSR count). The number of para-hydroxylation sites is 2. The summed E-state index contributed by atoms with van der Waals surface area (Å²) in [5.41, 5.74) is 1.77. The van der Waals surface area contributed by atoms with Gasteiger partial charge in [0, 0.05) is 12.6 Å². The van der Waals surface area contributed by atoms with Crippen LogP contribution in [0.15, 0.2) is 59.0 Å². The summed E-state index contributed by atoms with van der Waals surface area (Å²) in [4.78, 5) is 14.1. The molecule has 7 heteroatoms. The molecule has 1 N–H and O–H groups in total. The van der Waals surface area contributed by atoms with E-state index in [1.807, 2.05) is 59.5 Å². The predicted octanol–water partition coefficient (Wildman–Crippen LogP) is 2.25. The number of carbonyl (C=O) groups is 1. The van der Waals surface area contributed by atoms with Gasteiger partial charge in [-0.1, -0.05) is 30.3 Å². The molecule has 2 aromatic carbocycles. The number of fused-ring (bicyclic) bond motifs is 1. The van der Waals surface area contributed by atoms with Gasteiger partial charge in [-0.15, -0.1) is 10.2 Å². The number of carbonyl (C=O) groups excluding carboxylic acids is 1. The minimum Gasteiger partial charge on any atom is -0.477 e. The summed E-state index contributed by atoms with van der Waals surface area (Å²) in [7, 11) is 1.60. The molecule has 1 atom stereocenters. The normalized spacial score (nSPS) is 15.9. The summed E-state index contributed by atoms with van der Waals surface area (Å²) < 4.78 is 11.6. The number of ether oxygens (including phenoxy) is 1. The smallest absolute Gasteiger partial charge is 0.262 e. The summed E-state index contributed by atoms with van der Waals surface area (Å²) in [6, 6.07) is 17.2. The van der Waals surface area contributed by atoms with Gasteiger partial charge in [-0.05, 0) is 24.3 Å². The zero-order chi connectivity index (χ0) is 17.9. The molecule has 2 heterocycles. The van der Waals surface area contributed by atoms with Crippen LogP contribution in [0.2, 0.25) is 0 Å². The fourth-order valence-electron chi connectivity index (χ4n) is 2.93. The van der Waals surface area contributed by atoms with E-state index in [1.54, 1.807) is 7.05 Å². The van der Waals surface area contributed by atoms with Crippen LogP contribution in [0, 0.1) is 0 Å². The van der Waals surface area contributed by atoms with E-state index >= 15 is 0 Å². The summed E-state index contributed by atoms with van der Waals surface area (Å²) >= 11 is 0. The summed E-state index contributed by atoms with van der Waals surface area (Å²) in [5, 5.41) is 10.9. The first-order chi connectivity index (χ1) is 12.7. The average molecular weight is 350 g/mol. The highest BCUT2D eigenvalue weighted by Crippen LogP contribution is 2.34. The van der Waals surface area contributed by atoms with Gasteiger partial charge < -0.3 is 19.4 Å². The van der Waals surface area contributed by atoms with Crippen LogP contribution in [0.3, 0.4) is 0 Å². The van der Waals surface area contributed by atoms with Crippen LogP contribution in [0.1, 0.15) is 5.89 Å². The quantitative estimate of drug-likeness (QED) is 0.777. The number of nitrogens with zero attached hydrogens (tertiary/aromatic N) is 3. The maximum absolute atomic E-state index is 12.0. The fourth-order valence-corrected chi connectivity index (χ4v) is 2.93. The van der Waals surface area contributed by atoms with Crippen LogP contribution in [-0.4, -0.2) is 35.8 Å². The lowest BCUT2D eigenvalue weighted by Gasteiger charge is -2.34. The van der Waals surface area contributed by atoms with Crippen LogP contribution in [-0.2, 0) is 11.3 Å². The fraction of sp³-hybridized carbons (Fsp3) is 0.211. The molecule has 0 spiro atoms. The summed E-state index contributed by atoms with van der Waals surface area (Å²) in [5.74, 6) is 1.45. The molecule has 1 amide bonds. The second-order valence-electron chi connectivity index (χ2n) is 5.94. The van der Waals surface area contributed by atoms with Gasteiger partial charge in [0.25, 0.3) is 5.91 Å². The van der Waals surface area contributed by atoms with Crippen molar-refractivity contribution in [1.29, 1.82) is 0 Å². The Morgan fingerprint density at radius 2 is 1.92 bits per heavy atom. The highest BCUT2D eigenvalue weighted by molar-refractivity contribution is 5.83. The molecule has 0 radical (unpaired) electrons. The number of hydrogen-bond acceptors (Lipinski definition) is 6. The van der Waals surface area contributed by atoms with E-state index in [-0.39, 0.29) is 5.91 Å². The second-order valence-corrected chi connectivity index (χ2v) is 5.94. The van der Waals surface area contributed by atoms with Gasteiger partial charge in [0.15, 0.2) is 6.10 Å². The standard InChI is InChI=1S/C19H18N4O3/c1-20-18(24)16-11-23(14-9-5-6-10-15(14)25-16)12-17-21-22-19(26-17)13-7-3-2-4-8-13/h2-10,16H,11-12H2,1H3,(H,20,24)/t16-/m1/s1. The Kier molecular flexibility index (Phi) is 4.27. The van der Waals surface area contributed by atoms with Gasteiger partial charge >= 0.3 is 0 Å². The number of likely N-dealkylation sites (N-methyl/N-ethyl adjacent to an activating group) is 1. The van der Waals surface area contributed by atoms with Crippen LogP contribution < -0.4 is 15.0 Å². The molecular formula is C19H18N4O3. The van der Waals surface area contributed by atoms with E-state index in [2.05, 4.69) is 15.5 Å². The van der Waals surface area contributed by atoms with Crippen LogP contribution in [0.5, 0.6) is 5.75 Å². The molecule has 0 fully saturated rings. The summed E-state index contributed by atoms with van der Waals surface area (Å²) in [6.45, 7) is 0.799. The van der Waals surface area contributed by atoms with Gasteiger partial charge in [-0.2, -0.15) is 0 Å². The molecule has 3 aromatic rings. The maximum atomic E-state index is 12.0. The number of nitrogens with one attached hydrogen (secondary N) is 1. The minimum atomic E-state index is -0.591. The number of anilines is 1. The van der Waals surface area contributed by atoms with E-state index in [1.165, 1.54) is 0 Å². The third kappa shape index (κ3) is 3.11. The molecule has 1 aliphatic rings. The van der Waals surface area contributed by atoms with Crippen LogP contribution >= 0.6 is 0 Å². The van der Waals surface area contributed by atoms with Gasteiger partial charge in [0.2, 0.25) is 11.8 Å². The Morgan fingerprint density at radius 1 is 1.15 bits per heavy atom. The first kappa shape index (κ1) is 16.1. The maximum Gasteiger partial charge on any atom is 0.262 e. The first-order valence-corrected chi connectivity index (χ1v) is 8.34. The van der Waals surface area contributed by atoms with E-state index in [0.717, 1.165) is 11.3 Å². The molecule has 0 saturated carbocycles. The van der Waals surface area contributed by atoms with Gasteiger partial charge in [-0.25, -0.2) is 0 Å². The van der Waals surface area contributed by atoms with Crippen LogP contribution in [0.25, 0.3) is 11.5 Å². The molecule has 0 bridgehead atoms. The van der Waals surface area contributed by atoms with Crippen molar-refractivity contribution in [3.8, 4) is 17.2 Å². The molecule has 1 aliphatic heterocycles. The van der Waals surface area contributed by atoms with E-state index in [4.69, 9.17) is 9.15 Å². The van der Waals surface area contributed by atoms with Gasteiger partial charge in [0.1, 0.15) is 5.75 Å². The molecule has 26 heavy (non-hydrogen) atoms. The topological polar surface area (TPSA) is 80.5 Å². The molecule has 0 saturated heterocycles. The SMILES string of the molecule is CNC(=O)[C@H]1CN(Cc2nnc(-c3ccccc3)o2)c2ccccc2O1. The van der Waals surface area contributed by atoms with Crippen LogP contribution in [0.4, 0.5) is 5.69 Å².